The van der Waals surface area contributed by atoms with Crippen molar-refractivity contribution in [3.63, 3.8) is 0 Å². The van der Waals surface area contributed by atoms with E-state index >= 15 is 0 Å². The Morgan fingerprint density at radius 1 is 1.57 bits per heavy atom. The van der Waals surface area contributed by atoms with E-state index in [0.29, 0.717) is 13.2 Å². The molecular formula is C10H11ClO3. The van der Waals surface area contributed by atoms with Gasteiger partial charge in [0.05, 0.1) is 17.2 Å². The maximum atomic E-state index is 10.6. The van der Waals surface area contributed by atoms with Crippen LogP contribution in [0.3, 0.4) is 0 Å². The van der Waals surface area contributed by atoms with Crippen molar-refractivity contribution in [1.29, 1.82) is 0 Å². The molecule has 0 saturated heterocycles. The minimum atomic E-state index is -1.02. The second-order valence-corrected chi connectivity index (χ2v) is 3.16. The SMILES string of the molecule is CCOCc1ccc(C(=O)O)c(Cl)c1. The zero-order valence-electron chi connectivity index (χ0n) is 7.79. The van der Waals surface area contributed by atoms with E-state index in [2.05, 4.69) is 0 Å². The van der Waals surface area contributed by atoms with Gasteiger partial charge in [-0.3, -0.25) is 0 Å². The Morgan fingerprint density at radius 3 is 2.79 bits per heavy atom. The highest BCUT2D eigenvalue weighted by Crippen LogP contribution is 2.18. The number of benzene rings is 1. The third-order valence-electron chi connectivity index (χ3n) is 1.74. The van der Waals surface area contributed by atoms with Gasteiger partial charge < -0.3 is 9.84 Å². The van der Waals surface area contributed by atoms with Gasteiger partial charge in [-0.15, -0.1) is 0 Å². The van der Waals surface area contributed by atoms with Crippen molar-refractivity contribution in [1.82, 2.24) is 0 Å². The summed E-state index contributed by atoms with van der Waals surface area (Å²) in [5.74, 6) is -1.02. The monoisotopic (exact) mass is 214 g/mol. The van der Waals surface area contributed by atoms with Gasteiger partial charge in [0, 0.05) is 6.61 Å². The molecule has 0 bridgehead atoms. The maximum absolute atomic E-state index is 10.6. The molecule has 0 aliphatic heterocycles. The minimum absolute atomic E-state index is 0.118. The molecule has 4 heteroatoms. The molecule has 0 aliphatic carbocycles. The molecule has 0 fully saturated rings. The number of hydrogen-bond acceptors (Lipinski definition) is 2. The van der Waals surface area contributed by atoms with E-state index in [9.17, 15) is 4.79 Å². The van der Waals surface area contributed by atoms with Gasteiger partial charge in [0.1, 0.15) is 0 Å². The molecular weight excluding hydrogens is 204 g/mol. The molecule has 76 valence electrons. The fraction of sp³-hybridized carbons (Fsp3) is 0.300. The molecule has 1 N–H and O–H groups in total. The average Bonchev–Trinajstić information content (AvgIpc) is 2.14. The number of carboxylic acid groups (broad SMARTS) is 1. The van der Waals surface area contributed by atoms with Crippen LogP contribution in [0.1, 0.15) is 22.8 Å². The van der Waals surface area contributed by atoms with E-state index in [1.54, 1.807) is 12.1 Å². The summed E-state index contributed by atoms with van der Waals surface area (Å²) in [6.45, 7) is 2.97. The highest BCUT2D eigenvalue weighted by molar-refractivity contribution is 6.33. The highest BCUT2D eigenvalue weighted by Gasteiger charge is 2.08. The first-order valence-electron chi connectivity index (χ1n) is 4.24. The Morgan fingerprint density at radius 2 is 2.29 bits per heavy atom. The van der Waals surface area contributed by atoms with Crippen molar-refractivity contribution >= 4 is 17.6 Å². The van der Waals surface area contributed by atoms with Crippen LogP contribution < -0.4 is 0 Å². The number of hydrogen-bond donors (Lipinski definition) is 1. The quantitative estimate of drug-likeness (QED) is 0.838. The van der Waals surface area contributed by atoms with E-state index in [0.717, 1.165) is 5.56 Å². The van der Waals surface area contributed by atoms with Crippen molar-refractivity contribution in [3.8, 4) is 0 Å². The summed E-state index contributed by atoms with van der Waals surface area (Å²) in [6.07, 6.45) is 0. The summed E-state index contributed by atoms with van der Waals surface area (Å²) in [6, 6.07) is 4.80. The molecule has 0 aromatic heterocycles. The third-order valence-corrected chi connectivity index (χ3v) is 2.05. The van der Waals surface area contributed by atoms with Crippen molar-refractivity contribution < 1.29 is 14.6 Å². The van der Waals surface area contributed by atoms with Gasteiger partial charge in [-0.25, -0.2) is 4.79 Å². The van der Waals surface area contributed by atoms with E-state index in [1.807, 2.05) is 6.92 Å². The molecule has 0 heterocycles. The van der Waals surface area contributed by atoms with Crippen molar-refractivity contribution in [2.75, 3.05) is 6.61 Å². The third kappa shape index (κ3) is 2.72. The Hall–Kier alpha value is -1.06. The summed E-state index contributed by atoms with van der Waals surface area (Å²) in [4.78, 5) is 10.6. The van der Waals surface area contributed by atoms with Gasteiger partial charge in [0.25, 0.3) is 0 Å². The van der Waals surface area contributed by atoms with E-state index in [4.69, 9.17) is 21.4 Å². The Kier molecular flexibility index (Phi) is 3.92. The summed E-state index contributed by atoms with van der Waals surface area (Å²) in [5, 5.41) is 8.96. The standard InChI is InChI=1S/C10H11ClO3/c1-2-14-6-7-3-4-8(10(12)13)9(11)5-7/h3-5H,2,6H2,1H3,(H,12,13). The van der Waals surface area contributed by atoms with Crippen LogP contribution in [0.5, 0.6) is 0 Å². The molecule has 0 saturated carbocycles. The summed E-state index contributed by atoms with van der Waals surface area (Å²) < 4.78 is 5.17. The van der Waals surface area contributed by atoms with Crippen molar-refractivity contribution in [3.05, 3.63) is 34.3 Å². The maximum Gasteiger partial charge on any atom is 0.337 e. The Bertz CT molecular complexity index is 336. The lowest BCUT2D eigenvalue weighted by atomic mass is 10.1. The fourth-order valence-electron chi connectivity index (χ4n) is 1.04. The zero-order chi connectivity index (χ0) is 10.6. The molecule has 0 unspecified atom stereocenters. The number of ether oxygens (including phenoxy) is 1. The lowest BCUT2D eigenvalue weighted by molar-refractivity contribution is 0.0697. The fourth-order valence-corrected chi connectivity index (χ4v) is 1.33. The highest BCUT2D eigenvalue weighted by atomic mass is 35.5. The van der Waals surface area contributed by atoms with Crippen LogP contribution in [-0.2, 0) is 11.3 Å². The number of rotatable bonds is 4. The molecule has 0 amide bonds. The topological polar surface area (TPSA) is 46.5 Å². The first kappa shape index (κ1) is 11.0. The number of aromatic carboxylic acids is 1. The van der Waals surface area contributed by atoms with Crippen LogP contribution in [0, 0.1) is 0 Å². The lowest BCUT2D eigenvalue weighted by Crippen LogP contribution is -1.99. The molecule has 0 aliphatic rings. The van der Waals surface area contributed by atoms with Crippen LogP contribution in [0.4, 0.5) is 0 Å². The normalized spacial score (nSPS) is 10.1. The molecule has 14 heavy (non-hydrogen) atoms. The van der Waals surface area contributed by atoms with Gasteiger partial charge in [0.15, 0.2) is 0 Å². The van der Waals surface area contributed by atoms with Crippen molar-refractivity contribution in [2.45, 2.75) is 13.5 Å². The van der Waals surface area contributed by atoms with Crippen LogP contribution in [0.2, 0.25) is 5.02 Å². The van der Waals surface area contributed by atoms with Crippen LogP contribution in [-0.4, -0.2) is 17.7 Å². The van der Waals surface area contributed by atoms with E-state index < -0.39 is 5.97 Å². The molecule has 3 nitrogen and oxygen atoms in total. The van der Waals surface area contributed by atoms with Crippen LogP contribution in [0.15, 0.2) is 18.2 Å². The van der Waals surface area contributed by atoms with Gasteiger partial charge in [-0.1, -0.05) is 17.7 Å². The van der Waals surface area contributed by atoms with E-state index in [1.165, 1.54) is 6.07 Å². The lowest BCUT2D eigenvalue weighted by Gasteiger charge is -2.03. The van der Waals surface area contributed by atoms with Gasteiger partial charge in [-0.2, -0.15) is 0 Å². The minimum Gasteiger partial charge on any atom is -0.478 e. The molecule has 0 spiro atoms. The predicted octanol–water partition coefficient (Wildman–Crippen LogP) is 2.57. The first-order chi connectivity index (χ1) is 6.65. The predicted molar refractivity (Wildman–Crippen MR) is 53.7 cm³/mol. The molecule has 1 aromatic carbocycles. The summed E-state index contributed by atoms with van der Waals surface area (Å²) in [5.41, 5.74) is 0.994. The van der Waals surface area contributed by atoms with Gasteiger partial charge in [-0.05, 0) is 24.6 Å². The largest absolute Gasteiger partial charge is 0.478 e. The number of halogens is 1. The molecule has 1 aromatic rings. The second-order valence-electron chi connectivity index (χ2n) is 2.76. The number of carboxylic acids is 1. The second kappa shape index (κ2) is 4.98. The summed E-state index contributed by atoms with van der Waals surface area (Å²) >= 11 is 5.77. The number of carbonyl (C=O) groups is 1. The summed E-state index contributed by atoms with van der Waals surface area (Å²) in [7, 11) is 0. The Balaban J connectivity index is 2.83. The van der Waals surface area contributed by atoms with Gasteiger partial charge in [0.2, 0.25) is 0 Å². The molecule has 0 atom stereocenters. The zero-order valence-corrected chi connectivity index (χ0v) is 8.54. The van der Waals surface area contributed by atoms with Gasteiger partial charge >= 0.3 is 5.97 Å². The molecule has 1 rings (SSSR count). The molecule has 0 radical (unpaired) electrons. The van der Waals surface area contributed by atoms with Crippen molar-refractivity contribution in [2.24, 2.45) is 0 Å². The Labute approximate surface area is 87.3 Å². The smallest absolute Gasteiger partial charge is 0.337 e. The first-order valence-corrected chi connectivity index (χ1v) is 4.62. The average molecular weight is 215 g/mol. The van der Waals surface area contributed by atoms with E-state index in [-0.39, 0.29) is 10.6 Å². The van der Waals surface area contributed by atoms with Crippen LogP contribution >= 0.6 is 11.6 Å². The van der Waals surface area contributed by atoms with Crippen LogP contribution in [0.25, 0.3) is 0 Å².